The van der Waals surface area contributed by atoms with E-state index in [0.717, 1.165) is 24.1 Å². The molecule has 7 heteroatoms. The zero-order chi connectivity index (χ0) is 13.8. The van der Waals surface area contributed by atoms with Crippen molar-refractivity contribution in [2.45, 2.75) is 32.4 Å². The third kappa shape index (κ3) is 3.73. The average molecular weight is 273 g/mol. The number of aromatic nitrogens is 2. The molecule has 1 unspecified atom stereocenters. The molecule has 0 amide bonds. The van der Waals surface area contributed by atoms with E-state index < -0.39 is 12.5 Å². The SMILES string of the molecule is O=C(O)CCC1CCN(Cc2nccn2C(F)F)C1. The monoisotopic (exact) mass is 273 g/mol. The second-order valence-corrected chi connectivity index (χ2v) is 4.85. The summed E-state index contributed by atoms with van der Waals surface area (Å²) in [6.45, 7) is -0.618. The van der Waals surface area contributed by atoms with Crippen LogP contribution in [0.25, 0.3) is 0 Å². The number of aliphatic carboxylic acids is 1. The lowest BCUT2D eigenvalue weighted by Crippen LogP contribution is -2.23. The van der Waals surface area contributed by atoms with Gasteiger partial charge in [-0.05, 0) is 25.3 Å². The van der Waals surface area contributed by atoms with Crippen molar-refractivity contribution in [2.75, 3.05) is 13.1 Å². The number of carboxylic acids is 1. The van der Waals surface area contributed by atoms with Gasteiger partial charge in [-0.15, -0.1) is 0 Å². The first-order valence-corrected chi connectivity index (χ1v) is 6.30. The van der Waals surface area contributed by atoms with Gasteiger partial charge in [0.1, 0.15) is 5.82 Å². The highest BCUT2D eigenvalue weighted by molar-refractivity contribution is 5.66. The van der Waals surface area contributed by atoms with Gasteiger partial charge in [-0.1, -0.05) is 0 Å². The molecule has 2 rings (SSSR count). The van der Waals surface area contributed by atoms with E-state index in [4.69, 9.17) is 5.11 Å². The van der Waals surface area contributed by atoms with E-state index in [0.29, 0.717) is 24.7 Å². The zero-order valence-corrected chi connectivity index (χ0v) is 10.5. The smallest absolute Gasteiger partial charge is 0.319 e. The quantitative estimate of drug-likeness (QED) is 0.861. The summed E-state index contributed by atoms with van der Waals surface area (Å²) in [5, 5.41) is 8.63. The average Bonchev–Trinajstić information content (AvgIpc) is 2.96. The number of hydrogen-bond acceptors (Lipinski definition) is 3. The molecule has 0 bridgehead atoms. The van der Waals surface area contributed by atoms with Crippen molar-refractivity contribution in [2.24, 2.45) is 5.92 Å². The van der Waals surface area contributed by atoms with Crippen LogP contribution in [0.1, 0.15) is 31.6 Å². The molecule has 1 aromatic rings. The van der Waals surface area contributed by atoms with E-state index in [1.807, 2.05) is 4.90 Å². The summed E-state index contributed by atoms with van der Waals surface area (Å²) in [6, 6.07) is 0. The molecule has 0 aromatic carbocycles. The topological polar surface area (TPSA) is 58.4 Å². The molecule has 1 aromatic heterocycles. The molecule has 0 spiro atoms. The van der Waals surface area contributed by atoms with Gasteiger partial charge in [-0.25, -0.2) is 4.98 Å². The fourth-order valence-electron chi connectivity index (χ4n) is 2.46. The molecule has 1 aliphatic heterocycles. The van der Waals surface area contributed by atoms with Gasteiger partial charge >= 0.3 is 12.5 Å². The normalized spacial score (nSPS) is 20.3. The van der Waals surface area contributed by atoms with Crippen LogP contribution in [-0.2, 0) is 11.3 Å². The molecule has 2 heterocycles. The summed E-state index contributed by atoms with van der Waals surface area (Å²) < 4.78 is 26.2. The van der Waals surface area contributed by atoms with Crippen LogP contribution in [0.15, 0.2) is 12.4 Å². The van der Waals surface area contributed by atoms with Gasteiger partial charge < -0.3 is 5.11 Å². The van der Waals surface area contributed by atoms with E-state index >= 15 is 0 Å². The van der Waals surface area contributed by atoms with Crippen molar-refractivity contribution in [3.05, 3.63) is 18.2 Å². The largest absolute Gasteiger partial charge is 0.481 e. The van der Waals surface area contributed by atoms with Gasteiger partial charge in [0.15, 0.2) is 0 Å². The van der Waals surface area contributed by atoms with Crippen LogP contribution in [0.5, 0.6) is 0 Å². The summed E-state index contributed by atoms with van der Waals surface area (Å²) in [7, 11) is 0. The number of nitrogens with zero attached hydrogens (tertiary/aromatic N) is 3. The van der Waals surface area contributed by atoms with E-state index in [1.165, 1.54) is 12.4 Å². The Morgan fingerprint density at radius 2 is 2.37 bits per heavy atom. The Balaban J connectivity index is 1.84. The van der Waals surface area contributed by atoms with E-state index in [2.05, 4.69) is 4.98 Å². The summed E-state index contributed by atoms with van der Waals surface area (Å²) in [5.74, 6) is -0.0911. The van der Waals surface area contributed by atoms with E-state index in [1.54, 1.807) is 0 Å². The van der Waals surface area contributed by atoms with Gasteiger partial charge in [-0.3, -0.25) is 14.3 Å². The molecule has 5 nitrogen and oxygen atoms in total. The van der Waals surface area contributed by atoms with Gasteiger partial charge in [0.25, 0.3) is 0 Å². The first-order chi connectivity index (χ1) is 9.06. The molecule has 0 aliphatic carbocycles. The molecular weight excluding hydrogens is 256 g/mol. The third-order valence-electron chi connectivity index (χ3n) is 3.46. The lowest BCUT2D eigenvalue weighted by atomic mass is 10.0. The van der Waals surface area contributed by atoms with Crippen LogP contribution >= 0.6 is 0 Å². The minimum absolute atomic E-state index is 0.171. The van der Waals surface area contributed by atoms with Crippen LogP contribution in [0.2, 0.25) is 0 Å². The van der Waals surface area contributed by atoms with Crippen LogP contribution in [0, 0.1) is 5.92 Å². The molecule has 1 N–H and O–H groups in total. The van der Waals surface area contributed by atoms with Crippen LogP contribution < -0.4 is 0 Å². The summed E-state index contributed by atoms with van der Waals surface area (Å²) in [5.41, 5.74) is 0. The van der Waals surface area contributed by atoms with Gasteiger partial charge in [0, 0.05) is 25.4 Å². The van der Waals surface area contributed by atoms with Gasteiger partial charge in [-0.2, -0.15) is 8.78 Å². The number of alkyl halides is 2. The number of halogens is 2. The van der Waals surface area contributed by atoms with E-state index in [-0.39, 0.29) is 6.42 Å². The predicted octanol–water partition coefficient (Wildman–Crippen LogP) is 1.96. The van der Waals surface area contributed by atoms with Crippen molar-refractivity contribution >= 4 is 5.97 Å². The Morgan fingerprint density at radius 3 is 3.05 bits per heavy atom. The number of hydrogen-bond donors (Lipinski definition) is 1. The Labute approximate surface area is 109 Å². The Morgan fingerprint density at radius 1 is 1.58 bits per heavy atom. The molecule has 1 saturated heterocycles. The zero-order valence-electron chi connectivity index (χ0n) is 10.5. The number of rotatable bonds is 6. The summed E-state index contributed by atoms with van der Waals surface area (Å²) >= 11 is 0. The Bertz CT molecular complexity index is 436. The van der Waals surface area contributed by atoms with Crippen molar-refractivity contribution in [1.82, 2.24) is 14.5 Å². The molecular formula is C12H17F2N3O2. The maximum atomic E-state index is 12.7. The lowest BCUT2D eigenvalue weighted by Gasteiger charge is -2.16. The minimum Gasteiger partial charge on any atom is -0.481 e. The van der Waals surface area contributed by atoms with Gasteiger partial charge in [0.2, 0.25) is 0 Å². The van der Waals surface area contributed by atoms with Crippen LogP contribution in [0.4, 0.5) is 8.78 Å². The molecule has 106 valence electrons. The molecule has 0 radical (unpaired) electrons. The maximum Gasteiger partial charge on any atom is 0.319 e. The first-order valence-electron chi connectivity index (χ1n) is 6.30. The van der Waals surface area contributed by atoms with Crippen molar-refractivity contribution in [3.8, 4) is 0 Å². The minimum atomic E-state index is -2.57. The number of imidazole rings is 1. The van der Waals surface area contributed by atoms with Crippen molar-refractivity contribution in [3.63, 3.8) is 0 Å². The fraction of sp³-hybridized carbons (Fsp3) is 0.667. The summed E-state index contributed by atoms with van der Waals surface area (Å²) in [4.78, 5) is 16.5. The highest BCUT2D eigenvalue weighted by Gasteiger charge is 2.24. The molecule has 1 atom stereocenters. The maximum absolute atomic E-state index is 12.7. The van der Waals surface area contributed by atoms with Crippen molar-refractivity contribution in [1.29, 1.82) is 0 Å². The number of likely N-dealkylation sites (tertiary alicyclic amines) is 1. The van der Waals surface area contributed by atoms with E-state index in [9.17, 15) is 13.6 Å². The third-order valence-corrected chi connectivity index (χ3v) is 3.46. The van der Waals surface area contributed by atoms with Gasteiger partial charge in [0.05, 0.1) is 6.54 Å². The van der Waals surface area contributed by atoms with Crippen molar-refractivity contribution < 1.29 is 18.7 Å². The molecule has 0 saturated carbocycles. The standard InChI is InChI=1S/C12H17F2N3O2/c13-12(14)17-6-4-15-10(17)8-16-5-3-9(7-16)1-2-11(18)19/h4,6,9,12H,1-3,5,7-8H2,(H,18,19). The summed E-state index contributed by atoms with van der Waals surface area (Å²) in [6.07, 6.45) is 4.39. The lowest BCUT2D eigenvalue weighted by molar-refractivity contribution is -0.137. The Hall–Kier alpha value is -1.50. The second kappa shape index (κ2) is 6.10. The van der Waals surface area contributed by atoms with Crippen LogP contribution in [0.3, 0.4) is 0 Å². The fourth-order valence-corrected chi connectivity index (χ4v) is 2.46. The highest BCUT2D eigenvalue weighted by Crippen LogP contribution is 2.23. The molecule has 1 fully saturated rings. The highest BCUT2D eigenvalue weighted by atomic mass is 19.3. The number of carbonyl (C=O) groups is 1. The molecule has 19 heavy (non-hydrogen) atoms. The predicted molar refractivity (Wildman–Crippen MR) is 63.7 cm³/mol. The first kappa shape index (κ1) is 13.9. The second-order valence-electron chi connectivity index (χ2n) is 4.85. The Kier molecular flexibility index (Phi) is 4.47. The van der Waals surface area contributed by atoms with Crippen LogP contribution in [-0.4, -0.2) is 38.6 Å². The molecule has 1 aliphatic rings. The number of carboxylic acid groups (broad SMARTS) is 1.